The molecule has 21 heavy (non-hydrogen) atoms. The molecule has 1 rings (SSSR count). The Morgan fingerprint density at radius 2 is 2.00 bits per heavy atom. The Kier molecular flexibility index (Phi) is 7.11. The maximum absolute atomic E-state index is 12.5. The maximum atomic E-state index is 12.5. The van der Waals surface area contributed by atoms with Gasteiger partial charge in [-0.3, -0.25) is 9.59 Å². The third-order valence-corrected chi connectivity index (χ3v) is 4.45. The monoisotopic (exact) mass is 299 g/mol. The van der Waals surface area contributed by atoms with Gasteiger partial charge in [-0.05, 0) is 38.5 Å². The molecule has 1 unspecified atom stereocenters. The van der Waals surface area contributed by atoms with E-state index in [2.05, 4.69) is 17.6 Å². The molecule has 0 spiro atoms. The van der Waals surface area contributed by atoms with E-state index in [4.69, 9.17) is 10.5 Å². The zero-order valence-corrected chi connectivity index (χ0v) is 13.4. The Morgan fingerprint density at radius 3 is 2.52 bits per heavy atom. The molecule has 4 N–H and O–H groups in total. The minimum absolute atomic E-state index is 0.0914. The first-order valence-corrected chi connectivity index (χ1v) is 7.73. The molecule has 0 radical (unpaired) electrons. The number of methoxy groups -OCH3 is 1. The molecule has 6 heteroatoms. The van der Waals surface area contributed by atoms with Crippen molar-refractivity contribution in [3.63, 3.8) is 0 Å². The van der Waals surface area contributed by atoms with Gasteiger partial charge in [0.05, 0.1) is 12.0 Å². The molecular formula is C15H29N3O3. The molecule has 1 atom stereocenters. The van der Waals surface area contributed by atoms with Crippen LogP contribution in [-0.4, -0.2) is 44.7 Å². The maximum Gasteiger partial charge on any atom is 0.242 e. The Labute approximate surface area is 127 Å². The number of hydrogen-bond donors (Lipinski definition) is 3. The molecule has 1 aliphatic carbocycles. The van der Waals surface area contributed by atoms with Crippen molar-refractivity contribution in [3.8, 4) is 0 Å². The SMILES string of the molecule is COCCNC(=O)C(C)NC(=O)C1(CN)CCC(C)CC1. The van der Waals surface area contributed by atoms with Crippen LogP contribution in [0.2, 0.25) is 0 Å². The van der Waals surface area contributed by atoms with E-state index in [1.807, 2.05) is 0 Å². The summed E-state index contributed by atoms with van der Waals surface area (Å²) in [7, 11) is 1.58. The van der Waals surface area contributed by atoms with Crippen molar-refractivity contribution < 1.29 is 14.3 Å². The second kappa shape index (κ2) is 8.34. The summed E-state index contributed by atoms with van der Waals surface area (Å²) >= 11 is 0. The predicted molar refractivity (Wildman–Crippen MR) is 81.6 cm³/mol. The van der Waals surface area contributed by atoms with Gasteiger partial charge >= 0.3 is 0 Å². The van der Waals surface area contributed by atoms with E-state index >= 15 is 0 Å². The largest absolute Gasteiger partial charge is 0.383 e. The Balaban J connectivity index is 2.51. The first-order valence-electron chi connectivity index (χ1n) is 7.73. The average molecular weight is 299 g/mol. The number of carbonyl (C=O) groups excluding carboxylic acids is 2. The molecule has 0 heterocycles. The summed E-state index contributed by atoms with van der Waals surface area (Å²) < 4.78 is 4.87. The van der Waals surface area contributed by atoms with Crippen LogP contribution in [0.1, 0.15) is 39.5 Å². The molecule has 0 aromatic heterocycles. The van der Waals surface area contributed by atoms with Gasteiger partial charge in [-0.25, -0.2) is 0 Å². The number of nitrogens with one attached hydrogen (secondary N) is 2. The second-order valence-corrected chi connectivity index (χ2v) is 6.15. The molecule has 2 amide bonds. The molecule has 0 aromatic rings. The number of carbonyl (C=O) groups is 2. The summed E-state index contributed by atoms with van der Waals surface area (Å²) in [5.74, 6) is 0.357. The molecular weight excluding hydrogens is 270 g/mol. The number of hydrogen-bond acceptors (Lipinski definition) is 4. The van der Waals surface area contributed by atoms with E-state index in [0.29, 0.717) is 25.6 Å². The summed E-state index contributed by atoms with van der Waals surface area (Å²) in [5.41, 5.74) is 5.35. The molecule has 6 nitrogen and oxygen atoms in total. The lowest BCUT2D eigenvalue weighted by atomic mass is 9.70. The van der Waals surface area contributed by atoms with Crippen LogP contribution >= 0.6 is 0 Å². The Bertz CT molecular complexity index is 352. The van der Waals surface area contributed by atoms with Crippen LogP contribution in [0.15, 0.2) is 0 Å². The van der Waals surface area contributed by atoms with Gasteiger partial charge in [-0.15, -0.1) is 0 Å². The van der Waals surface area contributed by atoms with Crippen LogP contribution in [-0.2, 0) is 14.3 Å². The summed E-state index contributed by atoms with van der Waals surface area (Å²) in [4.78, 5) is 24.4. The van der Waals surface area contributed by atoms with Crippen molar-refractivity contribution in [2.24, 2.45) is 17.1 Å². The normalized spacial score (nSPS) is 27.0. The number of ether oxygens (including phenoxy) is 1. The topological polar surface area (TPSA) is 93.5 Å². The number of rotatable bonds is 7. The Morgan fingerprint density at radius 1 is 1.38 bits per heavy atom. The van der Waals surface area contributed by atoms with Crippen molar-refractivity contribution >= 4 is 11.8 Å². The van der Waals surface area contributed by atoms with Gasteiger partial charge in [-0.2, -0.15) is 0 Å². The van der Waals surface area contributed by atoms with Crippen LogP contribution in [0.25, 0.3) is 0 Å². The van der Waals surface area contributed by atoms with Gasteiger partial charge in [0.15, 0.2) is 0 Å². The van der Waals surface area contributed by atoms with E-state index < -0.39 is 11.5 Å². The summed E-state index contributed by atoms with van der Waals surface area (Å²) in [6.07, 6.45) is 3.63. The van der Waals surface area contributed by atoms with E-state index in [9.17, 15) is 9.59 Å². The van der Waals surface area contributed by atoms with Crippen LogP contribution in [0.5, 0.6) is 0 Å². The molecule has 1 aliphatic rings. The molecule has 0 aliphatic heterocycles. The highest BCUT2D eigenvalue weighted by Gasteiger charge is 2.40. The smallest absolute Gasteiger partial charge is 0.242 e. The van der Waals surface area contributed by atoms with Crippen molar-refractivity contribution in [2.75, 3.05) is 26.8 Å². The van der Waals surface area contributed by atoms with Crippen LogP contribution in [0.3, 0.4) is 0 Å². The van der Waals surface area contributed by atoms with Crippen molar-refractivity contribution in [2.45, 2.75) is 45.6 Å². The molecule has 1 saturated carbocycles. The fraction of sp³-hybridized carbons (Fsp3) is 0.867. The molecule has 122 valence electrons. The van der Waals surface area contributed by atoms with E-state index in [1.165, 1.54) is 0 Å². The lowest BCUT2D eigenvalue weighted by Gasteiger charge is -2.37. The minimum atomic E-state index is -0.558. The van der Waals surface area contributed by atoms with Crippen LogP contribution < -0.4 is 16.4 Å². The second-order valence-electron chi connectivity index (χ2n) is 6.15. The number of nitrogens with two attached hydrogens (primary N) is 1. The zero-order valence-electron chi connectivity index (χ0n) is 13.4. The van der Waals surface area contributed by atoms with E-state index in [-0.39, 0.29) is 11.8 Å². The van der Waals surface area contributed by atoms with Gasteiger partial charge in [0.1, 0.15) is 6.04 Å². The predicted octanol–water partition coefficient (Wildman–Crippen LogP) is 0.409. The Hall–Kier alpha value is -1.14. The molecule has 0 aromatic carbocycles. The minimum Gasteiger partial charge on any atom is -0.383 e. The highest BCUT2D eigenvalue weighted by Crippen LogP contribution is 2.38. The van der Waals surface area contributed by atoms with Crippen molar-refractivity contribution in [1.82, 2.24) is 10.6 Å². The first kappa shape index (κ1) is 17.9. The third kappa shape index (κ3) is 4.97. The van der Waals surface area contributed by atoms with Crippen molar-refractivity contribution in [1.29, 1.82) is 0 Å². The lowest BCUT2D eigenvalue weighted by molar-refractivity contribution is -0.136. The van der Waals surface area contributed by atoms with Gasteiger partial charge in [0.25, 0.3) is 0 Å². The fourth-order valence-corrected chi connectivity index (χ4v) is 2.68. The van der Waals surface area contributed by atoms with Crippen LogP contribution in [0, 0.1) is 11.3 Å². The lowest BCUT2D eigenvalue weighted by Crippen LogP contribution is -2.53. The standard InChI is InChI=1S/C15H29N3O3/c1-11-4-6-15(10-16,7-5-11)14(20)18-12(2)13(19)17-8-9-21-3/h11-12H,4-10,16H2,1-3H3,(H,17,19)(H,18,20). The number of amides is 2. The van der Waals surface area contributed by atoms with Gasteiger partial charge in [0, 0.05) is 20.2 Å². The highest BCUT2D eigenvalue weighted by atomic mass is 16.5. The average Bonchev–Trinajstić information content (AvgIpc) is 2.48. The molecule has 1 fully saturated rings. The van der Waals surface area contributed by atoms with Gasteiger partial charge in [-0.1, -0.05) is 6.92 Å². The summed E-state index contributed by atoms with van der Waals surface area (Å²) in [6, 6.07) is -0.558. The first-order chi connectivity index (χ1) is 9.95. The third-order valence-electron chi connectivity index (χ3n) is 4.45. The van der Waals surface area contributed by atoms with E-state index in [0.717, 1.165) is 25.7 Å². The summed E-state index contributed by atoms with van der Waals surface area (Å²) in [6.45, 7) is 5.12. The van der Waals surface area contributed by atoms with Gasteiger partial charge < -0.3 is 21.1 Å². The fourth-order valence-electron chi connectivity index (χ4n) is 2.68. The highest BCUT2D eigenvalue weighted by molar-refractivity contribution is 5.90. The van der Waals surface area contributed by atoms with Crippen molar-refractivity contribution in [3.05, 3.63) is 0 Å². The molecule has 0 saturated heterocycles. The summed E-state index contributed by atoms with van der Waals surface area (Å²) in [5, 5.41) is 5.53. The van der Waals surface area contributed by atoms with Gasteiger partial charge in [0.2, 0.25) is 11.8 Å². The van der Waals surface area contributed by atoms with E-state index in [1.54, 1.807) is 14.0 Å². The van der Waals surface area contributed by atoms with Crippen LogP contribution in [0.4, 0.5) is 0 Å². The molecule has 0 bridgehead atoms. The zero-order chi connectivity index (χ0) is 15.9. The quantitative estimate of drug-likeness (QED) is 0.594.